The minimum Gasteiger partial charge on any atom is -0.475 e. The van der Waals surface area contributed by atoms with Crippen LogP contribution >= 0.6 is 0 Å². The highest BCUT2D eigenvalue weighted by molar-refractivity contribution is 5.84. The van der Waals surface area contributed by atoms with Gasteiger partial charge in [-0.2, -0.15) is 0 Å². The highest BCUT2D eigenvalue weighted by atomic mass is 16.4. The Balaban J connectivity index is 1.86. The Bertz CT molecular complexity index is 434. The number of rotatable bonds is 6. The Morgan fingerprint density at radius 1 is 1.42 bits per heavy atom. The smallest absolute Gasteiger partial charge is 0.371 e. The van der Waals surface area contributed by atoms with Crippen LogP contribution in [0.3, 0.4) is 0 Å². The van der Waals surface area contributed by atoms with Crippen LogP contribution < -0.4 is 5.32 Å². The van der Waals surface area contributed by atoms with Gasteiger partial charge in [0.25, 0.3) is 0 Å². The molecule has 1 aliphatic carbocycles. The molecule has 0 atom stereocenters. The normalized spacial score (nSPS) is 18.1. The average Bonchev–Trinajstić information content (AvgIpc) is 2.98. The van der Waals surface area contributed by atoms with Crippen molar-refractivity contribution in [3.8, 4) is 0 Å². The molecule has 1 aromatic rings. The molecule has 0 amide bonds. The lowest BCUT2D eigenvalue weighted by Crippen LogP contribution is -2.49. The molecule has 0 bridgehead atoms. The molecule has 0 unspecified atom stereocenters. The summed E-state index contributed by atoms with van der Waals surface area (Å²) in [4.78, 5) is 13.0. The number of aromatic carboxylic acids is 1. The maximum atomic E-state index is 10.7. The maximum absolute atomic E-state index is 10.7. The zero-order valence-corrected chi connectivity index (χ0v) is 11.6. The van der Waals surface area contributed by atoms with Crippen molar-refractivity contribution in [1.29, 1.82) is 0 Å². The molecule has 0 aliphatic heterocycles. The molecule has 1 aromatic heterocycles. The van der Waals surface area contributed by atoms with E-state index < -0.39 is 5.97 Å². The van der Waals surface area contributed by atoms with Crippen LogP contribution in [0.15, 0.2) is 16.5 Å². The van der Waals surface area contributed by atoms with Crippen LogP contribution in [0.1, 0.15) is 42.0 Å². The van der Waals surface area contributed by atoms with Crippen molar-refractivity contribution >= 4 is 5.97 Å². The fourth-order valence-corrected chi connectivity index (χ4v) is 2.82. The number of nitrogens with one attached hydrogen (secondary N) is 1. The SMILES string of the molecule is CN(C)C1(CNCc2ccc(C(=O)O)o2)CCCC1. The van der Waals surface area contributed by atoms with Gasteiger partial charge in [0.1, 0.15) is 5.76 Å². The van der Waals surface area contributed by atoms with Crippen molar-refractivity contribution in [2.45, 2.75) is 37.8 Å². The van der Waals surface area contributed by atoms with Gasteiger partial charge in [0.2, 0.25) is 5.76 Å². The van der Waals surface area contributed by atoms with E-state index >= 15 is 0 Å². The summed E-state index contributed by atoms with van der Waals surface area (Å²) in [5.74, 6) is -0.351. The first-order chi connectivity index (χ1) is 9.03. The van der Waals surface area contributed by atoms with Gasteiger partial charge < -0.3 is 19.7 Å². The van der Waals surface area contributed by atoms with Crippen LogP contribution in [-0.2, 0) is 6.54 Å². The molecule has 0 saturated heterocycles. The van der Waals surface area contributed by atoms with Gasteiger partial charge in [-0.3, -0.25) is 0 Å². The lowest BCUT2D eigenvalue weighted by atomic mass is 9.96. The molecule has 0 aromatic carbocycles. The Morgan fingerprint density at radius 3 is 2.63 bits per heavy atom. The Labute approximate surface area is 113 Å². The quantitative estimate of drug-likeness (QED) is 0.823. The molecule has 1 saturated carbocycles. The monoisotopic (exact) mass is 266 g/mol. The number of carbonyl (C=O) groups is 1. The third-order valence-electron chi connectivity index (χ3n) is 4.11. The molecule has 1 fully saturated rings. The zero-order chi connectivity index (χ0) is 13.9. The van der Waals surface area contributed by atoms with Gasteiger partial charge in [0.05, 0.1) is 6.54 Å². The summed E-state index contributed by atoms with van der Waals surface area (Å²) in [6, 6.07) is 3.21. The van der Waals surface area contributed by atoms with Gasteiger partial charge in [-0.25, -0.2) is 4.79 Å². The summed E-state index contributed by atoms with van der Waals surface area (Å²) >= 11 is 0. The second-order valence-corrected chi connectivity index (χ2v) is 5.50. The Kier molecular flexibility index (Phi) is 4.27. The molecule has 1 heterocycles. The molecular weight excluding hydrogens is 244 g/mol. The first-order valence-corrected chi connectivity index (χ1v) is 6.74. The number of hydrogen-bond donors (Lipinski definition) is 2. The molecule has 0 spiro atoms. The number of likely N-dealkylation sites (N-methyl/N-ethyl adjacent to an activating group) is 1. The van der Waals surface area contributed by atoms with Gasteiger partial charge in [-0.15, -0.1) is 0 Å². The third-order valence-corrected chi connectivity index (χ3v) is 4.11. The summed E-state index contributed by atoms with van der Waals surface area (Å²) in [5.41, 5.74) is 0.238. The van der Waals surface area contributed by atoms with Gasteiger partial charge in [0.15, 0.2) is 0 Å². The average molecular weight is 266 g/mol. The van der Waals surface area contributed by atoms with Crippen LogP contribution in [-0.4, -0.2) is 42.2 Å². The minimum atomic E-state index is -1.02. The van der Waals surface area contributed by atoms with Crippen molar-refractivity contribution < 1.29 is 14.3 Å². The highest BCUT2D eigenvalue weighted by Crippen LogP contribution is 2.33. The second kappa shape index (κ2) is 5.75. The molecule has 19 heavy (non-hydrogen) atoms. The fourth-order valence-electron chi connectivity index (χ4n) is 2.82. The van der Waals surface area contributed by atoms with E-state index in [0.29, 0.717) is 12.3 Å². The van der Waals surface area contributed by atoms with E-state index in [1.54, 1.807) is 6.07 Å². The number of hydrogen-bond acceptors (Lipinski definition) is 4. The molecule has 5 nitrogen and oxygen atoms in total. The van der Waals surface area contributed by atoms with Crippen LogP contribution in [0.5, 0.6) is 0 Å². The van der Waals surface area contributed by atoms with Crippen LogP contribution in [0.2, 0.25) is 0 Å². The predicted molar refractivity (Wildman–Crippen MR) is 72.3 cm³/mol. The summed E-state index contributed by atoms with van der Waals surface area (Å²) in [6.45, 7) is 1.48. The lowest BCUT2D eigenvalue weighted by molar-refractivity contribution is 0.0660. The minimum absolute atomic E-state index is 0.00000997. The molecule has 2 N–H and O–H groups in total. The zero-order valence-electron chi connectivity index (χ0n) is 11.6. The number of carboxylic acids is 1. The van der Waals surface area contributed by atoms with Gasteiger partial charge in [-0.1, -0.05) is 12.8 Å². The van der Waals surface area contributed by atoms with Gasteiger partial charge in [0, 0.05) is 12.1 Å². The highest BCUT2D eigenvalue weighted by Gasteiger charge is 2.35. The van der Waals surface area contributed by atoms with Gasteiger partial charge in [-0.05, 0) is 39.1 Å². The van der Waals surface area contributed by atoms with Crippen molar-refractivity contribution in [2.24, 2.45) is 0 Å². The number of carboxylic acid groups (broad SMARTS) is 1. The van der Waals surface area contributed by atoms with Crippen molar-refractivity contribution in [3.63, 3.8) is 0 Å². The van der Waals surface area contributed by atoms with E-state index in [9.17, 15) is 4.79 Å². The van der Waals surface area contributed by atoms with Crippen molar-refractivity contribution in [2.75, 3.05) is 20.6 Å². The van der Waals surface area contributed by atoms with E-state index in [-0.39, 0.29) is 11.3 Å². The summed E-state index contributed by atoms with van der Waals surface area (Å²) in [5, 5.41) is 12.2. The fraction of sp³-hybridized carbons (Fsp3) is 0.643. The summed E-state index contributed by atoms with van der Waals surface area (Å²) in [7, 11) is 4.25. The van der Waals surface area contributed by atoms with Crippen molar-refractivity contribution in [3.05, 3.63) is 23.7 Å². The van der Waals surface area contributed by atoms with E-state index in [4.69, 9.17) is 9.52 Å². The van der Waals surface area contributed by atoms with E-state index in [1.807, 2.05) is 0 Å². The van der Waals surface area contributed by atoms with E-state index in [2.05, 4.69) is 24.3 Å². The summed E-state index contributed by atoms with van der Waals surface area (Å²) < 4.78 is 5.23. The molecule has 5 heteroatoms. The van der Waals surface area contributed by atoms with E-state index in [1.165, 1.54) is 31.7 Å². The van der Waals surface area contributed by atoms with Crippen LogP contribution in [0.25, 0.3) is 0 Å². The van der Waals surface area contributed by atoms with Crippen LogP contribution in [0.4, 0.5) is 0 Å². The standard InChI is InChI=1S/C14H22N2O3/c1-16(2)14(7-3-4-8-14)10-15-9-11-5-6-12(19-11)13(17)18/h5-6,15H,3-4,7-10H2,1-2H3,(H,17,18). The summed E-state index contributed by atoms with van der Waals surface area (Å²) in [6.07, 6.45) is 4.99. The predicted octanol–water partition coefficient (Wildman–Crippen LogP) is 1.94. The number of furan rings is 1. The molecule has 1 aliphatic rings. The topological polar surface area (TPSA) is 65.7 Å². The van der Waals surface area contributed by atoms with Gasteiger partial charge >= 0.3 is 5.97 Å². The van der Waals surface area contributed by atoms with Crippen molar-refractivity contribution in [1.82, 2.24) is 10.2 Å². The molecule has 2 rings (SSSR count). The first-order valence-electron chi connectivity index (χ1n) is 6.74. The molecular formula is C14H22N2O3. The Morgan fingerprint density at radius 2 is 2.11 bits per heavy atom. The number of nitrogens with zero attached hydrogens (tertiary/aromatic N) is 1. The maximum Gasteiger partial charge on any atom is 0.371 e. The van der Waals surface area contributed by atoms with Crippen LogP contribution in [0, 0.1) is 0 Å². The lowest BCUT2D eigenvalue weighted by Gasteiger charge is -2.36. The molecule has 106 valence electrons. The third kappa shape index (κ3) is 3.16. The largest absolute Gasteiger partial charge is 0.475 e. The van der Waals surface area contributed by atoms with E-state index in [0.717, 1.165) is 6.54 Å². The first kappa shape index (κ1) is 14.1. The second-order valence-electron chi connectivity index (χ2n) is 5.50. The molecule has 0 radical (unpaired) electrons. The Hall–Kier alpha value is -1.33.